The molecule has 4 aromatic rings. The van der Waals surface area contributed by atoms with Crippen LogP contribution < -0.4 is 0 Å². The van der Waals surface area contributed by atoms with Gasteiger partial charge in [0.1, 0.15) is 6.10 Å². The molecule has 0 aliphatic rings. The Kier molecular flexibility index (Phi) is 12.1. The number of aliphatic hydroxyl groups is 1. The zero-order valence-electron chi connectivity index (χ0n) is 22.6. The number of rotatable bonds is 17. The molecule has 0 unspecified atom stereocenters. The lowest BCUT2D eigenvalue weighted by Gasteiger charge is -2.25. The van der Waals surface area contributed by atoms with E-state index in [0.29, 0.717) is 13.2 Å². The summed E-state index contributed by atoms with van der Waals surface area (Å²) in [5.74, 6) is 0. The van der Waals surface area contributed by atoms with Gasteiger partial charge in [0.25, 0.3) is 0 Å². The highest BCUT2D eigenvalue weighted by molar-refractivity contribution is 7.53. The summed E-state index contributed by atoms with van der Waals surface area (Å²) in [7, 11) is -3.55. The van der Waals surface area contributed by atoms with Gasteiger partial charge in [-0.05, 0) is 28.7 Å². The Labute approximate surface area is 237 Å². The third kappa shape index (κ3) is 10.5. The van der Waals surface area contributed by atoms with Crippen molar-refractivity contribution in [2.75, 3.05) is 12.8 Å². The monoisotopic (exact) mass is 560 g/mol. The average molecular weight is 561 g/mol. The lowest BCUT2D eigenvalue weighted by atomic mass is 10.1. The Morgan fingerprint density at radius 3 is 1.43 bits per heavy atom. The molecule has 6 nitrogen and oxygen atoms in total. The van der Waals surface area contributed by atoms with Gasteiger partial charge >= 0.3 is 7.60 Å². The van der Waals surface area contributed by atoms with Gasteiger partial charge in [0.2, 0.25) is 0 Å². The van der Waals surface area contributed by atoms with Crippen LogP contribution in [0.5, 0.6) is 0 Å². The molecule has 1 N–H and O–H groups in total. The molecule has 7 heteroatoms. The van der Waals surface area contributed by atoms with Gasteiger partial charge in [-0.15, -0.1) is 0 Å². The first-order valence-electron chi connectivity index (χ1n) is 13.5. The molecule has 4 rings (SSSR count). The van der Waals surface area contributed by atoms with Crippen LogP contribution in [-0.4, -0.2) is 30.1 Å². The molecular weight excluding hydrogens is 523 g/mol. The number of hydrogen-bond acceptors (Lipinski definition) is 6. The first kappa shape index (κ1) is 29.9. The van der Waals surface area contributed by atoms with Gasteiger partial charge in [-0.1, -0.05) is 121 Å². The van der Waals surface area contributed by atoms with Crippen molar-refractivity contribution in [2.24, 2.45) is 0 Å². The smallest absolute Gasteiger partial charge is 0.331 e. The molecule has 0 saturated heterocycles. The van der Waals surface area contributed by atoms with E-state index in [4.69, 9.17) is 18.5 Å². The molecule has 210 valence electrons. The molecule has 0 aliphatic carbocycles. The maximum Gasteiger partial charge on any atom is 0.331 e. The fourth-order valence-corrected chi connectivity index (χ4v) is 5.66. The molecule has 0 bridgehead atoms. The van der Waals surface area contributed by atoms with E-state index in [0.717, 1.165) is 22.3 Å². The summed E-state index contributed by atoms with van der Waals surface area (Å²) in [5, 5.41) is 11.2. The average Bonchev–Trinajstić information content (AvgIpc) is 3.02. The summed E-state index contributed by atoms with van der Waals surface area (Å²) in [4.78, 5) is 0. The minimum Gasteiger partial charge on any atom is -0.390 e. The van der Waals surface area contributed by atoms with Gasteiger partial charge in [-0.25, -0.2) is 0 Å². The second-order valence-corrected chi connectivity index (χ2v) is 11.7. The number of hydrogen-bond donors (Lipinski definition) is 1. The number of aliphatic hydroxyl groups excluding tert-OH is 1. The van der Waals surface area contributed by atoms with Crippen LogP contribution >= 0.6 is 7.60 Å². The van der Waals surface area contributed by atoms with E-state index in [9.17, 15) is 9.67 Å². The maximum atomic E-state index is 13.8. The van der Waals surface area contributed by atoms with Gasteiger partial charge in [0.15, 0.2) is 0 Å². The normalized spacial score (nSPS) is 13.1. The standard InChI is InChI=1S/C33H37O6P/c34-32(33(37-24-29-15-7-2-8-16-29)27-36-23-28-13-5-1-6-14-28)21-22-40(35,38-25-30-17-9-3-10-18-30)39-26-31-19-11-4-12-20-31/h1-20,32-34H,21-27H2/t32-,33-/m0/s1. The predicted molar refractivity (Wildman–Crippen MR) is 157 cm³/mol. The second kappa shape index (κ2) is 16.2. The highest BCUT2D eigenvalue weighted by atomic mass is 31.2. The molecule has 0 fully saturated rings. The highest BCUT2D eigenvalue weighted by Crippen LogP contribution is 2.50. The van der Waals surface area contributed by atoms with Crippen molar-refractivity contribution in [1.29, 1.82) is 0 Å². The molecule has 0 spiro atoms. The summed E-state index contributed by atoms with van der Waals surface area (Å²) in [6.45, 7) is 1.21. The Morgan fingerprint density at radius 2 is 0.975 bits per heavy atom. The summed E-state index contributed by atoms with van der Waals surface area (Å²) in [6.07, 6.45) is -1.36. The molecule has 0 aromatic heterocycles. The maximum absolute atomic E-state index is 13.8. The zero-order valence-corrected chi connectivity index (χ0v) is 23.5. The molecule has 0 heterocycles. The Morgan fingerprint density at radius 1 is 0.575 bits per heavy atom. The molecule has 0 radical (unpaired) electrons. The summed E-state index contributed by atoms with van der Waals surface area (Å²) in [6, 6.07) is 38.7. The van der Waals surface area contributed by atoms with E-state index in [2.05, 4.69) is 0 Å². The van der Waals surface area contributed by atoms with Crippen LogP contribution in [-0.2, 0) is 49.5 Å². The van der Waals surface area contributed by atoms with Gasteiger partial charge in [-0.2, -0.15) is 0 Å². The fourth-order valence-electron chi connectivity index (χ4n) is 4.05. The van der Waals surface area contributed by atoms with E-state index < -0.39 is 19.8 Å². The quantitative estimate of drug-likeness (QED) is 0.138. The Balaban J connectivity index is 1.39. The van der Waals surface area contributed by atoms with Crippen molar-refractivity contribution in [3.63, 3.8) is 0 Å². The number of benzene rings is 4. The predicted octanol–water partition coefficient (Wildman–Crippen LogP) is 7.17. The Hall–Kier alpha value is -3.09. The van der Waals surface area contributed by atoms with Crippen LogP contribution in [0.25, 0.3) is 0 Å². The van der Waals surface area contributed by atoms with Gasteiger partial charge in [0, 0.05) is 0 Å². The third-order valence-corrected chi connectivity index (χ3v) is 8.22. The molecular formula is C33H37O6P. The van der Waals surface area contributed by atoms with Gasteiger partial charge in [0.05, 0.1) is 45.3 Å². The van der Waals surface area contributed by atoms with E-state index in [1.54, 1.807) is 0 Å². The molecule has 4 aromatic carbocycles. The van der Waals surface area contributed by atoms with E-state index >= 15 is 0 Å². The van der Waals surface area contributed by atoms with Crippen molar-refractivity contribution in [3.05, 3.63) is 144 Å². The molecule has 2 atom stereocenters. The molecule has 0 aliphatic heterocycles. The van der Waals surface area contributed by atoms with Crippen LogP contribution in [0, 0.1) is 0 Å². The molecule has 0 saturated carbocycles. The van der Waals surface area contributed by atoms with Crippen molar-refractivity contribution >= 4 is 7.60 Å². The van der Waals surface area contributed by atoms with Crippen LogP contribution in [0.15, 0.2) is 121 Å². The first-order chi connectivity index (χ1) is 19.6. The fraction of sp³-hybridized carbons (Fsp3) is 0.273. The zero-order chi connectivity index (χ0) is 27.9. The van der Waals surface area contributed by atoms with Crippen molar-refractivity contribution in [1.82, 2.24) is 0 Å². The van der Waals surface area contributed by atoms with E-state index in [1.807, 2.05) is 121 Å². The molecule has 0 amide bonds. The van der Waals surface area contributed by atoms with E-state index in [1.165, 1.54) is 0 Å². The lowest BCUT2D eigenvalue weighted by Crippen LogP contribution is -2.34. The number of ether oxygens (including phenoxy) is 2. The summed E-state index contributed by atoms with van der Waals surface area (Å²) < 4.78 is 37.6. The van der Waals surface area contributed by atoms with Gasteiger partial charge in [-0.3, -0.25) is 4.57 Å². The highest BCUT2D eigenvalue weighted by Gasteiger charge is 2.29. The largest absolute Gasteiger partial charge is 0.390 e. The first-order valence-corrected chi connectivity index (χ1v) is 15.2. The van der Waals surface area contributed by atoms with Crippen molar-refractivity contribution in [3.8, 4) is 0 Å². The summed E-state index contributed by atoms with van der Waals surface area (Å²) >= 11 is 0. The second-order valence-electron chi connectivity index (χ2n) is 9.54. The SMILES string of the molecule is O=P(CC[C@H](O)[C@H](COCc1ccccc1)OCc1ccccc1)(OCc1ccccc1)OCc1ccccc1. The topological polar surface area (TPSA) is 74.2 Å². The Bertz CT molecular complexity index is 1220. The molecule has 40 heavy (non-hydrogen) atoms. The minimum absolute atomic E-state index is 0.0394. The van der Waals surface area contributed by atoms with Crippen LogP contribution in [0.4, 0.5) is 0 Å². The van der Waals surface area contributed by atoms with E-state index in [-0.39, 0.29) is 32.4 Å². The van der Waals surface area contributed by atoms with Crippen molar-refractivity contribution in [2.45, 2.75) is 45.1 Å². The van der Waals surface area contributed by atoms with Crippen LogP contribution in [0.3, 0.4) is 0 Å². The van der Waals surface area contributed by atoms with Gasteiger partial charge < -0.3 is 23.6 Å². The van der Waals surface area contributed by atoms with Crippen LogP contribution in [0.1, 0.15) is 28.7 Å². The van der Waals surface area contributed by atoms with Crippen LogP contribution in [0.2, 0.25) is 0 Å². The third-order valence-electron chi connectivity index (χ3n) is 6.37. The summed E-state index contributed by atoms with van der Waals surface area (Å²) in [5.41, 5.74) is 3.81. The van der Waals surface area contributed by atoms with Crippen molar-refractivity contribution < 1.29 is 28.2 Å². The lowest BCUT2D eigenvalue weighted by molar-refractivity contribution is -0.0898. The minimum atomic E-state index is -3.55.